The molecule has 0 unspecified atom stereocenters. The molecule has 10 nitrogen and oxygen atoms in total. The Bertz CT molecular complexity index is 1040. The lowest BCUT2D eigenvalue weighted by Gasteiger charge is -2.20. The average Bonchev–Trinajstić information content (AvgIpc) is 3.28. The summed E-state index contributed by atoms with van der Waals surface area (Å²) < 4.78 is 22.0. The van der Waals surface area contributed by atoms with Gasteiger partial charge in [-0.15, -0.1) is 0 Å². The van der Waals surface area contributed by atoms with Crippen molar-refractivity contribution in [2.24, 2.45) is 0 Å². The third-order valence-electron chi connectivity index (χ3n) is 4.96. The van der Waals surface area contributed by atoms with E-state index in [0.29, 0.717) is 23.9 Å². The first-order valence-corrected chi connectivity index (χ1v) is 11.9. The second-order valence-corrected chi connectivity index (χ2v) is 8.69. The van der Waals surface area contributed by atoms with Gasteiger partial charge in [-0.2, -0.15) is 5.06 Å². The summed E-state index contributed by atoms with van der Waals surface area (Å²) in [6.07, 6.45) is -1.14. The first-order valence-electron chi connectivity index (χ1n) is 11.2. The summed E-state index contributed by atoms with van der Waals surface area (Å²) in [5, 5.41) is 15.4. The number of nitrogens with zero attached hydrogens (tertiary/aromatic N) is 1. The fourth-order valence-electron chi connectivity index (χ4n) is 3.31. The first kappa shape index (κ1) is 27.8. The molecule has 196 valence electrons. The second-order valence-electron chi connectivity index (χ2n) is 7.85. The number of amides is 1. The van der Waals surface area contributed by atoms with Crippen molar-refractivity contribution in [3.8, 4) is 17.2 Å². The quantitative estimate of drug-likeness (QED) is 0.308. The molecule has 2 aromatic rings. The number of aliphatic hydroxyl groups excluding tert-OH is 1. The molecule has 1 amide bonds. The number of carbonyl (C=O) groups excluding carboxylic acids is 2. The van der Waals surface area contributed by atoms with Gasteiger partial charge >= 0.3 is 5.97 Å². The van der Waals surface area contributed by atoms with Gasteiger partial charge in [0, 0.05) is 25.1 Å². The van der Waals surface area contributed by atoms with Crippen LogP contribution in [0.3, 0.4) is 0 Å². The van der Waals surface area contributed by atoms with Gasteiger partial charge in [-0.1, -0.05) is 23.2 Å². The number of nitrogens with one attached hydrogen (secondary N) is 1. The topological polar surface area (TPSA) is 116 Å². The van der Waals surface area contributed by atoms with Crippen molar-refractivity contribution in [3.63, 3.8) is 0 Å². The molecule has 0 aliphatic carbocycles. The molecular weight excluding hydrogens is 515 g/mol. The molecule has 0 radical (unpaired) electrons. The van der Waals surface area contributed by atoms with Gasteiger partial charge in [0.25, 0.3) is 5.91 Å². The fraction of sp³-hybridized carbons (Fsp3) is 0.417. The van der Waals surface area contributed by atoms with Gasteiger partial charge < -0.3 is 29.4 Å². The van der Waals surface area contributed by atoms with E-state index in [9.17, 15) is 14.7 Å². The van der Waals surface area contributed by atoms with E-state index >= 15 is 0 Å². The van der Waals surface area contributed by atoms with Crippen molar-refractivity contribution < 1.29 is 38.5 Å². The Morgan fingerprint density at radius 1 is 1.17 bits per heavy atom. The largest absolute Gasteiger partial charge is 0.490 e. The highest BCUT2D eigenvalue weighted by molar-refractivity contribution is 6.32. The van der Waals surface area contributed by atoms with E-state index in [2.05, 4.69) is 5.32 Å². The van der Waals surface area contributed by atoms with Gasteiger partial charge in [0.05, 0.1) is 23.7 Å². The number of hydroxylamine groups is 2. The van der Waals surface area contributed by atoms with Crippen molar-refractivity contribution in [1.82, 2.24) is 10.4 Å². The van der Waals surface area contributed by atoms with Crippen molar-refractivity contribution in [3.05, 3.63) is 52.0 Å². The molecular formula is C24H28Cl2N2O8. The van der Waals surface area contributed by atoms with Gasteiger partial charge in [0.2, 0.25) is 0 Å². The number of hydrogen-bond acceptors (Lipinski definition) is 9. The highest BCUT2D eigenvalue weighted by atomic mass is 35.5. The van der Waals surface area contributed by atoms with E-state index in [1.165, 1.54) is 26.1 Å². The van der Waals surface area contributed by atoms with Crippen LogP contribution in [0.25, 0.3) is 0 Å². The lowest BCUT2D eigenvalue weighted by Crippen LogP contribution is -2.35. The minimum absolute atomic E-state index is 0.0380. The molecule has 0 bridgehead atoms. The highest BCUT2D eigenvalue weighted by Gasteiger charge is 2.27. The number of rotatable bonds is 12. The third-order valence-corrected chi connectivity index (χ3v) is 5.51. The summed E-state index contributed by atoms with van der Waals surface area (Å²) in [5.74, 6) is 0.243. The smallest absolute Gasteiger partial charge is 0.302 e. The molecule has 0 spiro atoms. The summed E-state index contributed by atoms with van der Waals surface area (Å²) >= 11 is 12.1. The van der Waals surface area contributed by atoms with Crippen LogP contribution in [0.4, 0.5) is 0 Å². The van der Waals surface area contributed by atoms with Crippen molar-refractivity contribution in [2.45, 2.75) is 19.1 Å². The van der Waals surface area contributed by atoms with Crippen molar-refractivity contribution >= 4 is 35.1 Å². The van der Waals surface area contributed by atoms with E-state index < -0.39 is 18.0 Å². The standard InChI is InChI=1S/C24H28Cl2N2O8/c1-15(29)32-7-8-33-23-10-22(20(9-21(23)26)24(31)27-2)34-13-17(30)11-28-12-19(14-35-28)36-18-5-3-16(25)4-6-18/h3-6,9-10,17,19,30H,7-8,11-14H2,1-2H3,(H,27,31)/t17-,19-/m1/s1. The monoisotopic (exact) mass is 542 g/mol. The molecule has 2 N–H and O–H groups in total. The normalized spacial score (nSPS) is 16.3. The van der Waals surface area contributed by atoms with Crippen LogP contribution in [0, 0.1) is 0 Å². The molecule has 1 aliphatic heterocycles. The summed E-state index contributed by atoms with van der Waals surface area (Å²) in [6.45, 7) is 2.22. The molecule has 1 fully saturated rings. The van der Waals surface area contributed by atoms with E-state index in [1.54, 1.807) is 29.3 Å². The molecule has 1 saturated heterocycles. The zero-order valence-electron chi connectivity index (χ0n) is 19.9. The Hall–Kier alpha value is -2.76. The van der Waals surface area contributed by atoms with Gasteiger partial charge in [0.1, 0.15) is 55.9 Å². The molecule has 1 heterocycles. The highest BCUT2D eigenvalue weighted by Crippen LogP contribution is 2.33. The Balaban J connectivity index is 1.54. The second kappa shape index (κ2) is 13.5. The maximum absolute atomic E-state index is 12.3. The van der Waals surface area contributed by atoms with E-state index in [0.717, 1.165) is 0 Å². The number of benzene rings is 2. The van der Waals surface area contributed by atoms with E-state index in [-0.39, 0.29) is 54.6 Å². The zero-order chi connectivity index (χ0) is 26.1. The number of hydrogen-bond donors (Lipinski definition) is 2. The van der Waals surface area contributed by atoms with Crippen LogP contribution < -0.4 is 19.5 Å². The fourth-order valence-corrected chi connectivity index (χ4v) is 3.66. The molecule has 3 rings (SSSR count). The summed E-state index contributed by atoms with van der Waals surface area (Å²) in [4.78, 5) is 28.8. The molecule has 12 heteroatoms. The predicted molar refractivity (Wildman–Crippen MR) is 132 cm³/mol. The van der Waals surface area contributed by atoms with Crippen LogP contribution >= 0.6 is 23.2 Å². The van der Waals surface area contributed by atoms with Crippen LogP contribution in [-0.4, -0.2) is 80.8 Å². The summed E-state index contributed by atoms with van der Waals surface area (Å²) in [5.41, 5.74) is 0.177. The molecule has 36 heavy (non-hydrogen) atoms. The van der Waals surface area contributed by atoms with Crippen molar-refractivity contribution in [2.75, 3.05) is 46.6 Å². The lowest BCUT2D eigenvalue weighted by atomic mass is 10.1. The average molecular weight is 543 g/mol. The maximum Gasteiger partial charge on any atom is 0.302 e. The zero-order valence-corrected chi connectivity index (χ0v) is 21.4. The van der Waals surface area contributed by atoms with Crippen molar-refractivity contribution in [1.29, 1.82) is 0 Å². The van der Waals surface area contributed by atoms with E-state index in [1.807, 2.05) is 0 Å². The molecule has 0 saturated carbocycles. The predicted octanol–water partition coefficient (Wildman–Crippen LogP) is 2.73. The van der Waals surface area contributed by atoms with Crippen LogP contribution in [0.1, 0.15) is 17.3 Å². The van der Waals surface area contributed by atoms with Crippen LogP contribution in [0.5, 0.6) is 17.2 Å². The van der Waals surface area contributed by atoms with Gasteiger partial charge in [-0.05, 0) is 30.3 Å². The number of ether oxygens (including phenoxy) is 4. The maximum atomic E-state index is 12.3. The molecule has 2 aromatic carbocycles. The van der Waals surface area contributed by atoms with Crippen LogP contribution in [0.15, 0.2) is 36.4 Å². The first-order chi connectivity index (χ1) is 17.2. The number of halogens is 2. The van der Waals surface area contributed by atoms with Crippen LogP contribution in [-0.2, 0) is 14.4 Å². The Morgan fingerprint density at radius 3 is 2.61 bits per heavy atom. The minimum Gasteiger partial charge on any atom is -0.490 e. The Morgan fingerprint density at radius 2 is 1.92 bits per heavy atom. The molecule has 0 aromatic heterocycles. The third kappa shape index (κ3) is 8.42. The number of β-amino-alcohol motifs (C(OH)–C–C–N with tert-alkyl or cyclic N) is 1. The Labute approximate surface area is 218 Å². The van der Waals surface area contributed by atoms with E-state index in [4.69, 9.17) is 47.0 Å². The Kier molecular flexibility index (Phi) is 10.4. The number of carbonyl (C=O) groups is 2. The lowest BCUT2D eigenvalue weighted by molar-refractivity contribution is -0.141. The number of aliphatic hydroxyl groups is 1. The molecule has 2 atom stereocenters. The summed E-state index contributed by atoms with van der Waals surface area (Å²) in [6, 6.07) is 9.90. The van der Waals surface area contributed by atoms with Crippen LogP contribution in [0.2, 0.25) is 10.0 Å². The minimum atomic E-state index is -0.930. The SMILES string of the molecule is CNC(=O)c1cc(Cl)c(OCCOC(C)=O)cc1OC[C@H](O)CN1C[C@@H](Oc2ccc(Cl)cc2)CO1. The number of esters is 1. The molecule has 1 aliphatic rings. The van der Waals surface area contributed by atoms with Gasteiger partial charge in [-0.25, -0.2) is 0 Å². The van der Waals surface area contributed by atoms with Gasteiger partial charge in [0.15, 0.2) is 0 Å². The summed E-state index contributed by atoms with van der Waals surface area (Å²) in [7, 11) is 1.48. The van der Waals surface area contributed by atoms with Gasteiger partial charge in [-0.3, -0.25) is 14.4 Å².